The maximum Gasteiger partial charge on any atom is 0.315 e. The van der Waals surface area contributed by atoms with E-state index in [1.807, 2.05) is 37.3 Å². The highest BCUT2D eigenvalue weighted by molar-refractivity contribution is 4.78. The average molecular weight is 126 g/mol. The van der Waals surface area contributed by atoms with Gasteiger partial charge in [0.1, 0.15) is 7.05 Å². The zero-order valence-corrected chi connectivity index (χ0v) is 6.34. The minimum absolute atomic E-state index is 1.05. The van der Waals surface area contributed by atoms with Crippen LogP contribution in [0, 0.1) is 13.8 Å². The van der Waals surface area contributed by atoms with Crippen molar-refractivity contribution in [3.63, 3.8) is 0 Å². The molecule has 0 aliphatic carbocycles. The molecule has 0 aliphatic heterocycles. The van der Waals surface area contributed by atoms with Gasteiger partial charge in [0.2, 0.25) is 0 Å². The fourth-order valence-corrected chi connectivity index (χ4v) is 0.813. The first-order chi connectivity index (χ1) is 4.13. The normalized spacial score (nSPS) is 10.2. The molecule has 9 heavy (non-hydrogen) atoms. The average Bonchev–Trinajstić information content (AvgIpc) is 1.98. The van der Waals surface area contributed by atoms with E-state index < -0.39 is 0 Å². The molecule has 0 N–H and O–H groups in total. The SMILES string of the molecule is Cc1nc(C)[n+](C)n1C. The lowest BCUT2D eigenvalue weighted by Gasteiger charge is -1.89. The molecular formula is C6H12N3+. The van der Waals surface area contributed by atoms with Crippen molar-refractivity contribution in [3.8, 4) is 0 Å². The molecule has 0 amide bonds. The van der Waals surface area contributed by atoms with Gasteiger partial charge in [0.05, 0.1) is 7.05 Å². The summed E-state index contributed by atoms with van der Waals surface area (Å²) in [5.74, 6) is 2.10. The van der Waals surface area contributed by atoms with Gasteiger partial charge in [0.15, 0.2) is 0 Å². The van der Waals surface area contributed by atoms with E-state index in [2.05, 4.69) is 4.98 Å². The van der Waals surface area contributed by atoms with E-state index in [-0.39, 0.29) is 0 Å². The molecule has 3 nitrogen and oxygen atoms in total. The molecule has 0 unspecified atom stereocenters. The van der Waals surface area contributed by atoms with Crippen molar-refractivity contribution in [1.29, 1.82) is 0 Å². The highest BCUT2D eigenvalue weighted by Gasteiger charge is 2.10. The lowest BCUT2D eigenvalue weighted by atomic mass is 10.7. The van der Waals surface area contributed by atoms with Gasteiger partial charge in [-0.15, -0.1) is 0 Å². The van der Waals surface area contributed by atoms with Gasteiger partial charge in [0, 0.05) is 13.8 Å². The number of hydrogen-bond donors (Lipinski definition) is 0. The third-order valence-electron chi connectivity index (χ3n) is 1.71. The molecule has 0 saturated carbocycles. The van der Waals surface area contributed by atoms with Crippen LogP contribution in [0.3, 0.4) is 0 Å². The van der Waals surface area contributed by atoms with Gasteiger partial charge in [0.25, 0.3) is 5.82 Å². The molecule has 0 saturated heterocycles. The Morgan fingerprint density at radius 3 is 2.11 bits per heavy atom. The molecule has 1 aromatic rings. The molecule has 1 rings (SSSR count). The summed E-state index contributed by atoms with van der Waals surface area (Å²) in [6.07, 6.45) is 0. The van der Waals surface area contributed by atoms with Crippen LogP contribution >= 0.6 is 0 Å². The molecule has 0 atom stereocenters. The molecule has 0 fully saturated rings. The predicted octanol–water partition coefficient (Wildman–Crippen LogP) is -0.139. The first kappa shape index (κ1) is 6.26. The van der Waals surface area contributed by atoms with Crippen molar-refractivity contribution in [1.82, 2.24) is 9.67 Å². The fourth-order valence-electron chi connectivity index (χ4n) is 0.813. The summed E-state index contributed by atoms with van der Waals surface area (Å²) in [7, 11) is 3.99. The van der Waals surface area contributed by atoms with Crippen LogP contribution in [-0.4, -0.2) is 9.67 Å². The van der Waals surface area contributed by atoms with Crippen LogP contribution in [0.2, 0.25) is 0 Å². The van der Waals surface area contributed by atoms with Gasteiger partial charge in [-0.2, -0.15) is 9.36 Å². The van der Waals surface area contributed by atoms with Crippen LogP contribution in [0.25, 0.3) is 0 Å². The topological polar surface area (TPSA) is 21.7 Å². The highest BCUT2D eigenvalue weighted by atomic mass is 15.4. The van der Waals surface area contributed by atoms with Crippen LogP contribution in [0.5, 0.6) is 0 Å². The molecule has 50 valence electrons. The van der Waals surface area contributed by atoms with Gasteiger partial charge in [-0.25, -0.2) is 0 Å². The van der Waals surface area contributed by atoms with Crippen LogP contribution in [0.15, 0.2) is 0 Å². The molecule has 0 bridgehead atoms. The largest absolute Gasteiger partial charge is 0.315 e. The predicted molar refractivity (Wildman–Crippen MR) is 33.9 cm³/mol. The maximum absolute atomic E-state index is 4.24. The van der Waals surface area contributed by atoms with Gasteiger partial charge in [-0.05, 0) is 4.98 Å². The first-order valence-electron chi connectivity index (χ1n) is 2.99. The van der Waals surface area contributed by atoms with Crippen LogP contribution in [0.4, 0.5) is 0 Å². The van der Waals surface area contributed by atoms with Gasteiger partial charge in [-0.1, -0.05) is 0 Å². The van der Waals surface area contributed by atoms with Gasteiger partial charge in [-0.3, -0.25) is 0 Å². The third-order valence-corrected chi connectivity index (χ3v) is 1.71. The Balaban J connectivity index is 3.29. The van der Waals surface area contributed by atoms with Crippen molar-refractivity contribution in [3.05, 3.63) is 11.6 Å². The second-order valence-electron chi connectivity index (χ2n) is 2.25. The number of aryl methyl sites for hydroxylation is 2. The first-order valence-corrected chi connectivity index (χ1v) is 2.99. The van der Waals surface area contributed by atoms with E-state index >= 15 is 0 Å². The van der Waals surface area contributed by atoms with E-state index in [4.69, 9.17) is 0 Å². The molecule has 0 radical (unpaired) electrons. The van der Waals surface area contributed by atoms with Crippen LogP contribution < -0.4 is 4.68 Å². The standard InChI is InChI=1S/C6H12N3/c1-5-7-6(2)9(4)8(5)3/h1-4H3/q+1. The fraction of sp³-hybridized carbons (Fsp3) is 0.667. The summed E-state index contributed by atoms with van der Waals surface area (Å²) in [6, 6.07) is 0. The highest BCUT2D eigenvalue weighted by Crippen LogP contribution is 1.87. The smallest absolute Gasteiger partial charge is 0.182 e. The van der Waals surface area contributed by atoms with Crippen molar-refractivity contribution >= 4 is 0 Å². The van der Waals surface area contributed by atoms with Crippen molar-refractivity contribution in [2.75, 3.05) is 0 Å². The van der Waals surface area contributed by atoms with Crippen molar-refractivity contribution in [2.24, 2.45) is 14.1 Å². The molecule has 1 heterocycles. The molecule has 3 heteroatoms. The Kier molecular flexibility index (Phi) is 1.27. The molecule has 1 aromatic heterocycles. The number of aromatic nitrogens is 3. The Hall–Kier alpha value is -0.860. The number of nitrogens with zero attached hydrogens (tertiary/aromatic N) is 3. The molecule has 0 aliphatic rings. The molecular weight excluding hydrogens is 114 g/mol. The summed E-state index contributed by atoms with van der Waals surface area (Å²) in [4.78, 5) is 4.24. The van der Waals surface area contributed by atoms with E-state index in [9.17, 15) is 0 Å². The Bertz CT molecular complexity index is 202. The van der Waals surface area contributed by atoms with E-state index in [1.54, 1.807) is 0 Å². The van der Waals surface area contributed by atoms with E-state index in [0.717, 1.165) is 11.6 Å². The summed E-state index contributed by atoms with van der Waals surface area (Å²) in [6.45, 7) is 3.99. The van der Waals surface area contributed by atoms with Gasteiger partial charge < -0.3 is 0 Å². The maximum atomic E-state index is 4.24. The minimum Gasteiger partial charge on any atom is -0.182 e. The minimum atomic E-state index is 1.05. The number of rotatable bonds is 0. The van der Waals surface area contributed by atoms with E-state index in [0.29, 0.717) is 0 Å². The number of hydrogen-bond acceptors (Lipinski definition) is 1. The second-order valence-corrected chi connectivity index (χ2v) is 2.25. The van der Waals surface area contributed by atoms with E-state index in [1.165, 1.54) is 0 Å². The lowest BCUT2D eigenvalue weighted by molar-refractivity contribution is -0.757. The van der Waals surface area contributed by atoms with Crippen LogP contribution in [0.1, 0.15) is 11.6 Å². The summed E-state index contributed by atoms with van der Waals surface area (Å²) < 4.78 is 4.02. The summed E-state index contributed by atoms with van der Waals surface area (Å²) >= 11 is 0. The van der Waals surface area contributed by atoms with Crippen molar-refractivity contribution in [2.45, 2.75) is 13.8 Å². The quantitative estimate of drug-likeness (QED) is 0.443. The van der Waals surface area contributed by atoms with Crippen LogP contribution in [-0.2, 0) is 14.1 Å². The summed E-state index contributed by atoms with van der Waals surface area (Å²) in [5, 5.41) is 0. The Morgan fingerprint density at radius 1 is 1.44 bits per heavy atom. The molecule has 0 spiro atoms. The Labute approximate surface area is 54.9 Å². The monoisotopic (exact) mass is 126 g/mol. The zero-order chi connectivity index (χ0) is 7.02. The van der Waals surface area contributed by atoms with Gasteiger partial charge >= 0.3 is 5.82 Å². The zero-order valence-electron chi connectivity index (χ0n) is 6.34. The Morgan fingerprint density at radius 2 is 2.00 bits per heavy atom. The third kappa shape index (κ3) is 0.823. The molecule has 0 aromatic carbocycles. The van der Waals surface area contributed by atoms with Crippen molar-refractivity contribution < 1.29 is 4.68 Å². The second kappa shape index (κ2) is 1.83. The lowest BCUT2D eigenvalue weighted by Crippen LogP contribution is -2.39. The summed E-state index contributed by atoms with van der Waals surface area (Å²) in [5.41, 5.74) is 0.